The number of carbonyl (C=O) groups excluding carboxylic acids is 1. The first-order valence-corrected chi connectivity index (χ1v) is 7.15. The molecule has 0 unspecified atom stereocenters. The summed E-state index contributed by atoms with van der Waals surface area (Å²) in [6.45, 7) is 5.99. The standard InChI is InChI=1S/C14H22N4OS/c1-4-18(5-2)14(19)12-10-11(6-8-16-12)17(3)9-7-13(15)20/h6,8,10H,4-5,7,9H2,1-3H3,(H2,15,20). The molecule has 1 heterocycles. The highest BCUT2D eigenvalue weighted by molar-refractivity contribution is 7.80. The second-order valence-corrected chi connectivity index (χ2v) is 5.04. The normalized spacial score (nSPS) is 10.2. The van der Waals surface area contributed by atoms with E-state index in [-0.39, 0.29) is 5.91 Å². The maximum absolute atomic E-state index is 12.3. The molecule has 5 nitrogen and oxygen atoms in total. The van der Waals surface area contributed by atoms with Crippen LogP contribution in [-0.2, 0) is 0 Å². The Labute approximate surface area is 125 Å². The van der Waals surface area contributed by atoms with Crippen molar-refractivity contribution in [1.82, 2.24) is 9.88 Å². The molecule has 2 N–H and O–H groups in total. The summed E-state index contributed by atoms with van der Waals surface area (Å²) in [4.78, 5) is 20.7. The second kappa shape index (κ2) is 7.79. The van der Waals surface area contributed by atoms with E-state index in [0.717, 1.165) is 12.2 Å². The minimum atomic E-state index is -0.0420. The number of rotatable bonds is 7. The number of pyridine rings is 1. The van der Waals surface area contributed by atoms with Crippen molar-refractivity contribution in [3.05, 3.63) is 24.0 Å². The Morgan fingerprint density at radius 3 is 2.60 bits per heavy atom. The Morgan fingerprint density at radius 2 is 2.05 bits per heavy atom. The molecule has 1 amide bonds. The molecule has 0 saturated heterocycles. The Hall–Kier alpha value is -1.69. The summed E-state index contributed by atoms with van der Waals surface area (Å²) in [5.41, 5.74) is 6.91. The number of aromatic nitrogens is 1. The third kappa shape index (κ3) is 4.45. The summed E-state index contributed by atoms with van der Waals surface area (Å²) in [5.74, 6) is -0.0420. The van der Waals surface area contributed by atoms with Crippen molar-refractivity contribution in [2.45, 2.75) is 20.3 Å². The number of nitrogens with two attached hydrogens (primary N) is 1. The van der Waals surface area contributed by atoms with Crippen LogP contribution in [0.15, 0.2) is 18.3 Å². The first kappa shape index (κ1) is 16.4. The number of amides is 1. The molecule has 0 aliphatic rings. The average Bonchev–Trinajstić information content (AvgIpc) is 2.46. The zero-order chi connectivity index (χ0) is 15.1. The van der Waals surface area contributed by atoms with Gasteiger partial charge in [0.15, 0.2) is 0 Å². The van der Waals surface area contributed by atoms with Gasteiger partial charge >= 0.3 is 0 Å². The van der Waals surface area contributed by atoms with Crippen LogP contribution in [-0.4, -0.2) is 47.5 Å². The lowest BCUT2D eigenvalue weighted by Crippen LogP contribution is -2.31. The van der Waals surface area contributed by atoms with Gasteiger partial charge in [-0.1, -0.05) is 12.2 Å². The Morgan fingerprint density at radius 1 is 1.40 bits per heavy atom. The summed E-state index contributed by atoms with van der Waals surface area (Å²) in [5, 5.41) is 0. The number of hydrogen-bond donors (Lipinski definition) is 1. The molecule has 1 rings (SSSR count). The molecule has 0 fully saturated rings. The van der Waals surface area contributed by atoms with Crippen molar-refractivity contribution in [2.24, 2.45) is 5.73 Å². The van der Waals surface area contributed by atoms with Crippen molar-refractivity contribution >= 4 is 28.8 Å². The van der Waals surface area contributed by atoms with Gasteiger partial charge in [0, 0.05) is 45.0 Å². The van der Waals surface area contributed by atoms with Crippen LogP contribution in [0.1, 0.15) is 30.8 Å². The molecule has 20 heavy (non-hydrogen) atoms. The van der Waals surface area contributed by atoms with Crippen LogP contribution in [0, 0.1) is 0 Å². The van der Waals surface area contributed by atoms with Crippen LogP contribution >= 0.6 is 12.2 Å². The molecule has 0 saturated carbocycles. The molecule has 0 spiro atoms. The lowest BCUT2D eigenvalue weighted by molar-refractivity contribution is 0.0767. The molecule has 0 aromatic carbocycles. The minimum Gasteiger partial charge on any atom is -0.393 e. The van der Waals surface area contributed by atoms with E-state index in [2.05, 4.69) is 4.98 Å². The number of anilines is 1. The monoisotopic (exact) mass is 294 g/mol. The number of carbonyl (C=O) groups is 1. The van der Waals surface area contributed by atoms with Gasteiger partial charge < -0.3 is 15.5 Å². The van der Waals surface area contributed by atoms with Gasteiger partial charge in [-0.25, -0.2) is 0 Å². The van der Waals surface area contributed by atoms with Crippen molar-refractivity contribution in [3.63, 3.8) is 0 Å². The van der Waals surface area contributed by atoms with Gasteiger partial charge in [-0.2, -0.15) is 0 Å². The maximum Gasteiger partial charge on any atom is 0.272 e. The summed E-state index contributed by atoms with van der Waals surface area (Å²) in [6, 6.07) is 3.68. The van der Waals surface area contributed by atoms with Crippen molar-refractivity contribution in [3.8, 4) is 0 Å². The van der Waals surface area contributed by atoms with Crippen LogP contribution in [0.4, 0.5) is 5.69 Å². The zero-order valence-corrected chi connectivity index (χ0v) is 13.1. The molecular weight excluding hydrogens is 272 g/mol. The largest absolute Gasteiger partial charge is 0.393 e. The van der Waals surface area contributed by atoms with Gasteiger partial charge in [-0.15, -0.1) is 0 Å². The molecule has 0 aliphatic carbocycles. The third-order valence-electron chi connectivity index (χ3n) is 3.15. The molecule has 0 bridgehead atoms. The van der Waals surface area contributed by atoms with Crippen molar-refractivity contribution < 1.29 is 4.79 Å². The van der Waals surface area contributed by atoms with Crippen LogP contribution in [0.5, 0.6) is 0 Å². The van der Waals surface area contributed by atoms with Crippen molar-refractivity contribution in [1.29, 1.82) is 0 Å². The average molecular weight is 294 g/mol. The topological polar surface area (TPSA) is 62.5 Å². The molecule has 1 aromatic heterocycles. The van der Waals surface area contributed by atoms with E-state index in [4.69, 9.17) is 18.0 Å². The highest BCUT2D eigenvalue weighted by atomic mass is 32.1. The van der Waals surface area contributed by atoms with E-state index >= 15 is 0 Å². The van der Waals surface area contributed by atoms with E-state index in [1.807, 2.05) is 31.9 Å². The molecule has 0 radical (unpaired) electrons. The summed E-state index contributed by atoms with van der Waals surface area (Å²) >= 11 is 4.87. The highest BCUT2D eigenvalue weighted by Crippen LogP contribution is 2.14. The molecule has 1 aromatic rings. The Bertz CT molecular complexity index is 474. The summed E-state index contributed by atoms with van der Waals surface area (Å²) in [7, 11) is 1.94. The lowest BCUT2D eigenvalue weighted by atomic mass is 10.2. The maximum atomic E-state index is 12.3. The smallest absolute Gasteiger partial charge is 0.272 e. The Kier molecular flexibility index (Phi) is 6.38. The van der Waals surface area contributed by atoms with E-state index in [0.29, 0.717) is 30.2 Å². The van der Waals surface area contributed by atoms with E-state index < -0.39 is 0 Å². The highest BCUT2D eigenvalue weighted by Gasteiger charge is 2.15. The lowest BCUT2D eigenvalue weighted by Gasteiger charge is -2.21. The van der Waals surface area contributed by atoms with Gasteiger partial charge in [0.1, 0.15) is 5.69 Å². The quantitative estimate of drug-likeness (QED) is 0.775. The number of nitrogens with zero attached hydrogens (tertiary/aromatic N) is 3. The first-order chi connectivity index (χ1) is 9.49. The van der Waals surface area contributed by atoms with Crippen LogP contribution in [0.25, 0.3) is 0 Å². The third-order valence-corrected chi connectivity index (χ3v) is 3.35. The number of hydrogen-bond acceptors (Lipinski definition) is 4. The summed E-state index contributed by atoms with van der Waals surface area (Å²) in [6.07, 6.45) is 2.30. The van der Waals surface area contributed by atoms with Crippen LogP contribution < -0.4 is 10.6 Å². The molecule has 6 heteroatoms. The van der Waals surface area contributed by atoms with Gasteiger partial charge in [-0.3, -0.25) is 9.78 Å². The van der Waals surface area contributed by atoms with Gasteiger partial charge in [-0.05, 0) is 26.0 Å². The SMILES string of the molecule is CCN(CC)C(=O)c1cc(N(C)CCC(N)=S)ccn1. The van der Waals surface area contributed by atoms with E-state index in [1.54, 1.807) is 17.2 Å². The van der Waals surface area contributed by atoms with Crippen LogP contribution in [0.3, 0.4) is 0 Å². The fourth-order valence-corrected chi connectivity index (χ4v) is 1.94. The fourth-order valence-electron chi connectivity index (χ4n) is 1.85. The molecule has 0 atom stereocenters. The summed E-state index contributed by atoms with van der Waals surface area (Å²) < 4.78 is 0. The molecule has 110 valence electrons. The van der Waals surface area contributed by atoms with Crippen LogP contribution in [0.2, 0.25) is 0 Å². The predicted molar refractivity (Wildman–Crippen MR) is 86.2 cm³/mol. The van der Waals surface area contributed by atoms with E-state index in [1.165, 1.54) is 0 Å². The Balaban J connectivity index is 2.84. The predicted octanol–water partition coefficient (Wildman–Crippen LogP) is 1.68. The number of thiocarbonyl (C=S) groups is 1. The van der Waals surface area contributed by atoms with E-state index in [9.17, 15) is 4.79 Å². The minimum absolute atomic E-state index is 0.0420. The van der Waals surface area contributed by atoms with Gasteiger partial charge in [0.25, 0.3) is 5.91 Å². The fraction of sp³-hybridized carbons (Fsp3) is 0.500. The molecular formula is C14H22N4OS. The first-order valence-electron chi connectivity index (χ1n) is 6.74. The second-order valence-electron chi connectivity index (χ2n) is 4.51. The van der Waals surface area contributed by atoms with Gasteiger partial charge in [0.05, 0.1) is 4.99 Å². The van der Waals surface area contributed by atoms with Gasteiger partial charge in [0.2, 0.25) is 0 Å². The zero-order valence-electron chi connectivity index (χ0n) is 12.3. The molecule has 0 aliphatic heterocycles. The van der Waals surface area contributed by atoms with Crippen molar-refractivity contribution in [2.75, 3.05) is 31.6 Å².